The molecule has 1 atom stereocenters. The molecule has 0 aliphatic carbocycles. The average molecular weight is 285 g/mol. The number of thiol groups is 1. The number of fused-ring (bicyclic) bond motifs is 1. The van der Waals surface area contributed by atoms with Crippen LogP contribution in [0.15, 0.2) is 56.7 Å². The van der Waals surface area contributed by atoms with Crippen LogP contribution in [-0.4, -0.2) is 13.3 Å². The highest BCUT2D eigenvalue weighted by molar-refractivity contribution is 8.16. The highest BCUT2D eigenvalue weighted by Gasteiger charge is 2.18. The monoisotopic (exact) mass is 285 g/mol. The molecule has 2 aromatic carbocycles. The van der Waals surface area contributed by atoms with Gasteiger partial charge in [0, 0.05) is 21.6 Å². The van der Waals surface area contributed by atoms with E-state index in [1.54, 1.807) is 7.11 Å². The molecule has 0 N–H and O–H groups in total. The van der Waals surface area contributed by atoms with Crippen molar-refractivity contribution in [2.75, 3.05) is 7.11 Å². The fourth-order valence-corrected chi connectivity index (χ4v) is 4.16. The third-order valence-electron chi connectivity index (χ3n) is 3.58. The summed E-state index contributed by atoms with van der Waals surface area (Å²) < 4.78 is 10.0. The maximum atomic E-state index is 5.33. The largest absolute Gasteiger partial charge is 0.497 e. The van der Waals surface area contributed by atoms with Crippen LogP contribution < -0.4 is 4.74 Å². The molecule has 20 heavy (non-hydrogen) atoms. The summed E-state index contributed by atoms with van der Waals surface area (Å²) in [7, 11) is 1.71. The van der Waals surface area contributed by atoms with Gasteiger partial charge in [-0.15, -0.1) is 11.1 Å². The minimum Gasteiger partial charge on any atom is -0.497 e. The van der Waals surface area contributed by atoms with Crippen LogP contribution in [0.25, 0.3) is 0 Å². The first-order valence-electron chi connectivity index (χ1n) is 6.81. The van der Waals surface area contributed by atoms with E-state index in [1.165, 1.54) is 20.9 Å². The number of nitrogens with zero attached hydrogens (tertiary/aromatic N) is 1. The number of hydrogen-bond donors (Lipinski definition) is 1. The first kappa shape index (κ1) is 13.3. The molecule has 1 heterocycles. The fraction of sp³-hybridized carbons (Fsp3) is 0.235. The lowest BCUT2D eigenvalue weighted by Crippen LogP contribution is -1.89. The van der Waals surface area contributed by atoms with Crippen molar-refractivity contribution in [3.63, 3.8) is 0 Å². The molecular weight excluding hydrogens is 266 g/mol. The van der Waals surface area contributed by atoms with Gasteiger partial charge in [0.2, 0.25) is 0 Å². The summed E-state index contributed by atoms with van der Waals surface area (Å²) in [6, 6.07) is 15.1. The summed E-state index contributed by atoms with van der Waals surface area (Å²) >= 11 is -0.620. The van der Waals surface area contributed by atoms with E-state index in [9.17, 15) is 0 Å². The van der Waals surface area contributed by atoms with Gasteiger partial charge in [0.15, 0.2) is 0 Å². The Bertz CT molecular complexity index is 647. The van der Waals surface area contributed by atoms with Crippen molar-refractivity contribution in [1.29, 1.82) is 0 Å². The van der Waals surface area contributed by atoms with E-state index < -0.39 is 11.1 Å². The van der Waals surface area contributed by atoms with Crippen LogP contribution in [0.1, 0.15) is 30.9 Å². The van der Waals surface area contributed by atoms with E-state index in [1.807, 2.05) is 12.3 Å². The predicted molar refractivity (Wildman–Crippen MR) is 86.6 cm³/mol. The van der Waals surface area contributed by atoms with Crippen LogP contribution >= 0.6 is 11.1 Å². The van der Waals surface area contributed by atoms with E-state index in [2.05, 4.69) is 50.2 Å². The summed E-state index contributed by atoms with van der Waals surface area (Å²) in [6.45, 7) is 4.43. The minimum absolute atomic E-state index is 0.566. The molecule has 1 aliphatic heterocycles. The molecular formula is C17H19NOS. The zero-order valence-electron chi connectivity index (χ0n) is 12.0. The van der Waals surface area contributed by atoms with Crippen LogP contribution in [0, 0.1) is 0 Å². The van der Waals surface area contributed by atoms with Crippen LogP contribution in [0.4, 0.5) is 0 Å². The van der Waals surface area contributed by atoms with Crippen LogP contribution in [0.5, 0.6) is 5.75 Å². The summed E-state index contributed by atoms with van der Waals surface area (Å²) in [4.78, 5) is 2.59. The van der Waals surface area contributed by atoms with Gasteiger partial charge in [-0.25, -0.2) is 4.40 Å². The minimum atomic E-state index is -0.620. The first-order valence-corrected chi connectivity index (χ1v) is 8.10. The van der Waals surface area contributed by atoms with E-state index in [4.69, 9.17) is 9.13 Å². The van der Waals surface area contributed by atoms with E-state index in [-0.39, 0.29) is 0 Å². The standard InChI is InChI=1S/C17H19NOS/c1-12(2)13-5-8-16(9-6-13)20-17-10-15(19-3)7-4-14(17)11-18-20/h4-12,20H,1-3H3. The van der Waals surface area contributed by atoms with Crippen LogP contribution in [0.3, 0.4) is 0 Å². The van der Waals surface area contributed by atoms with Gasteiger partial charge in [0.1, 0.15) is 5.75 Å². The lowest BCUT2D eigenvalue weighted by Gasteiger charge is -2.16. The Morgan fingerprint density at radius 2 is 1.80 bits per heavy atom. The zero-order valence-corrected chi connectivity index (χ0v) is 12.9. The molecule has 3 rings (SSSR count). The normalized spacial score (nSPS) is 18.3. The Kier molecular flexibility index (Phi) is 3.53. The van der Waals surface area contributed by atoms with E-state index >= 15 is 0 Å². The second-order valence-electron chi connectivity index (χ2n) is 5.23. The second-order valence-corrected chi connectivity index (χ2v) is 7.08. The Labute approximate surface area is 123 Å². The summed E-state index contributed by atoms with van der Waals surface area (Å²) in [5, 5.41) is 0. The van der Waals surface area contributed by atoms with Crippen molar-refractivity contribution in [2.45, 2.75) is 29.6 Å². The fourth-order valence-electron chi connectivity index (χ4n) is 2.33. The predicted octanol–water partition coefficient (Wildman–Crippen LogP) is 4.59. The highest BCUT2D eigenvalue weighted by atomic mass is 32.2. The Hall–Kier alpha value is -1.74. The molecule has 0 spiro atoms. The molecule has 1 unspecified atom stereocenters. The van der Waals surface area contributed by atoms with Crippen LogP contribution in [-0.2, 0) is 0 Å². The van der Waals surface area contributed by atoms with E-state index in [0.29, 0.717) is 5.92 Å². The number of benzene rings is 2. The molecule has 2 aromatic rings. The summed E-state index contributed by atoms with van der Waals surface area (Å²) in [6.07, 6.45) is 1.98. The lowest BCUT2D eigenvalue weighted by atomic mass is 10.0. The molecule has 0 saturated carbocycles. The maximum Gasteiger partial charge on any atom is 0.120 e. The Morgan fingerprint density at radius 1 is 1.05 bits per heavy atom. The van der Waals surface area contributed by atoms with Gasteiger partial charge in [-0.3, -0.25) is 0 Å². The molecule has 2 nitrogen and oxygen atoms in total. The van der Waals surface area contributed by atoms with Crippen molar-refractivity contribution < 1.29 is 4.74 Å². The Balaban J connectivity index is 1.96. The van der Waals surface area contributed by atoms with Gasteiger partial charge in [-0.2, -0.15) is 0 Å². The van der Waals surface area contributed by atoms with Gasteiger partial charge in [0.25, 0.3) is 0 Å². The summed E-state index contributed by atoms with van der Waals surface area (Å²) in [5.74, 6) is 1.47. The third kappa shape index (κ3) is 2.34. The van der Waals surface area contributed by atoms with E-state index in [0.717, 1.165) is 5.75 Å². The number of ether oxygens (including phenoxy) is 1. The van der Waals surface area contributed by atoms with Crippen molar-refractivity contribution in [1.82, 2.24) is 0 Å². The van der Waals surface area contributed by atoms with Crippen molar-refractivity contribution >= 4 is 17.3 Å². The van der Waals surface area contributed by atoms with Gasteiger partial charge < -0.3 is 4.74 Å². The van der Waals surface area contributed by atoms with Gasteiger partial charge >= 0.3 is 0 Å². The molecule has 0 amide bonds. The molecule has 0 fully saturated rings. The second kappa shape index (κ2) is 5.33. The lowest BCUT2D eigenvalue weighted by molar-refractivity contribution is 0.413. The third-order valence-corrected chi connectivity index (χ3v) is 5.56. The molecule has 0 saturated heterocycles. The van der Waals surface area contributed by atoms with Crippen molar-refractivity contribution in [3.05, 3.63) is 53.6 Å². The van der Waals surface area contributed by atoms with Crippen LogP contribution in [0.2, 0.25) is 0 Å². The number of rotatable bonds is 3. The maximum absolute atomic E-state index is 5.33. The SMILES string of the molecule is COc1ccc2c(c1)[SH](c1ccc(C(C)C)cc1)N=C2. The topological polar surface area (TPSA) is 21.6 Å². The molecule has 0 radical (unpaired) electrons. The average Bonchev–Trinajstić information content (AvgIpc) is 2.90. The molecule has 0 aromatic heterocycles. The Morgan fingerprint density at radius 3 is 2.45 bits per heavy atom. The highest BCUT2D eigenvalue weighted by Crippen LogP contribution is 2.51. The molecule has 0 bridgehead atoms. The molecule has 3 heteroatoms. The van der Waals surface area contributed by atoms with Gasteiger partial charge in [0.05, 0.1) is 7.11 Å². The van der Waals surface area contributed by atoms with Gasteiger partial charge in [-0.1, -0.05) is 26.0 Å². The van der Waals surface area contributed by atoms with Crippen molar-refractivity contribution in [2.24, 2.45) is 4.40 Å². The number of hydrogen-bond acceptors (Lipinski definition) is 2. The molecule has 104 valence electrons. The smallest absolute Gasteiger partial charge is 0.120 e. The summed E-state index contributed by atoms with van der Waals surface area (Å²) in [5.41, 5.74) is 2.59. The quantitative estimate of drug-likeness (QED) is 0.819. The number of methoxy groups -OCH3 is 1. The zero-order chi connectivity index (χ0) is 14.1. The first-order chi connectivity index (χ1) is 9.69. The molecule has 1 aliphatic rings. The van der Waals surface area contributed by atoms with Crippen molar-refractivity contribution in [3.8, 4) is 5.75 Å². The van der Waals surface area contributed by atoms with Gasteiger partial charge in [-0.05, 0) is 41.8 Å².